The second-order valence-corrected chi connectivity index (χ2v) is 6.83. The molecule has 5 heteroatoms. The number of benzene rings is 1. The number of nitrogens with zero attached hydrogens (tertiary/aromatic N) is 2. The molecule has 1 atom stereocenters. The number of hydrogen-bond donors (Lipinski definition) is 0. The van der Waals surface area contributed by atoms with Gasteiger partial charge in [-0.15, -0.1) is 0 Å². The van der Waals surface area contributed by atoms with Crippen LogP contribution in [0.25, 0.3) is 0 Å². The summed E-state index contributed by atoms with van der Waals surface area (Å²) in [6.07, 6.45) is 8.32. The van der Waals surface area contributed by atoms with Gasteiger partial charge >= 0.3 is 0 Å². The van der Waals surface area contributed by atoms with Crippen molar-refractivity contribution in [2.75, 3.05) is 11.5 Å². The molecule has 2 rings (SSSR count). The topological polar surface area (TPSA) is 27.1 Å². The van der Waals surface area contributed by atoms with E-state index < -0.39 is 0 Å². The van der Waals surface area contributed by atoms with E-state index in [0.717, 1.165) is 22.9 Å². The zero-order valence-corrected chi connectivity index (χ0v) is 14.5. The minimum absolute atomic E-state index is 0.187. The molecule has 2 aromatic rings. The maximum Gasteiger partial charge on any atom is 0.0946 e. The Morgan fingerprint density at radius 2 is 2.14 bits per heavy atom. The van der Waals surface area contributed by atoms with Crippen LogP contribution in [0.5, 0.6) is 0 Å². The lowest BCUT2D eigenvalue weighted by atomic mass is 10.2. The van der Waals surface area contributed by atoms with Gasteiger partial charge in [-0.05, 0) is 29.9 Å². The fourth-order valence-corrected chi connectivity index (χ4v) is 3.29. The van der Waals surface area contributed by atoms with E-state index in [4.69, 9.17) is 16.3 Å². The van der Waals surface area contributed by atoms with E-state index in [0.29, 0.717) is 6.61 Å². The number of rotatable bonds is 10. The van der Waals surface area contributed by atoms with Crippen LogP contribution < -0.4 is 0 Å². The van der Waals surface area contributed by atoms with Gasteiger partial charge in [-0.25, -0.2) is 4.98 Å². The molecule has 1 aromatic carbocycles. The summed E-state index contributed by atoms with van der Waals surface area (Å²) in [6, 6.07) is 7.84. The molecule has 0 saturated heterocycles. The Bertz CT molecular complexity index is 516. The zero-order valence-electron chi connectivity index (χ0n) is 13.0. The first kappa shape index (κ1) is 17.4. The first-order valence-electron chi connectivity index (χ1n) is 7.67. The molecule has 3 nitrogen and oxygen atoms in total. The molecule has 0 radical (unpaired) electrons. The van der Waals surface area contributed by atoms with E-state index in [1.165, 1.54) is 18.6 Å². The molecule has 0 aliphatic rings. The molecule has 1 heterocycles. The van der Waals surface area contributed by atoms with Crippen LogP contribution >= 0.6 is 23.4 Å². The van der Waals surface area contributed by atoms with E-state index >= 15 is 0 Å². The Morgan fingerprint density at radius 3 is 2.82 bits per heavy atom. The van der Waals surface area contributed by atoms with Crippen LogP contribution in [0.4, 0.5) is 0 Å². The monoisotopic (exact) mass is 338 g/mol. The fraction of sp³-hybridized carbons (Fsp3) is 0.471. The Morgan fingerprint density at radius 1 is 1.32 bits per heavy atom. The first-order valence-corrected chi connectivity index (χ1v) is 9.20. The predicted octanol–water partition coefficient (Wildman–Crippen LogP) is 4.66. The molecule has 0 amide bonds. The summed E-state index contributed by atoms with van der Waals surface area (Å²) in [5, 5.41) is 0.758. The van der Waals surface area contributed by atoms with Crippen molar-refractivity contribution in [2.45, 2.75) is 39.0 Å². The van der Waals surface area contributed by atoms with E-state index in [2.05, 4.69) is 16.5 Å². The maximum atomic E-state index is 6.11. The third-order valence-corrected chi connectivity index (χ3v) is 4.76. The number of halogens is 1. The summed E-state index contributed by atoms with van der Waals surface area (Å²) in [5.41, 5.74) is 1.15. The number of ether oxygens (including phenoxy) is 1. The van der Waals surface area contributed by atoms with Crippen LogP contribution in [0, 0.1) is 0 Å². The number of imidazole rings is 1. The molecular formula is C17H23ClN2OS. The van der Waals surface area contributed by atoms with E-state index in [1.54, 1.807) is 6.20 Å². The molecular weight excluding hydrogens is 316 g/mol. The predicted molar refractivity (Wildman–Crippen MR) is 94.5 cm³/mol. The van der Waals surface area contributed by atoms with Gasteiger partial charge in [0.1, 0.15) is 0 Å². The second kappa shape index (κ2) is 9.93. The smallest absolute Gasteiger partial charge is 0.0946 e. The molecule has 0 saturated carbocycles. The Kier molecular flexibility index (Phi) is 7.85. The Hall–Kier alpha value is -0.970. The quantitative estimate of drug-likeness (QED) is 0.590. The van der Waals surface area contributed by atoms with Crippen molar-refractivity contribution < 1.29 is 4.74 Å². The van der Waals surface area contributed by atoms with E-state index in [1.807, 2.05) is 48.6 Å². The van der Waals surface area contributed by atoms with Crippen LogP contribution in [-0.4, -0.2) is 27.2 Å². The van der Waals surface area contributed by atoms with Gasteiger partial charge in [0.15, 0.2) is 0 Å². The van der Waals surface area contributed by atoms with E-state index in [-0.39, 0.29) is 6.10 Å². The van der Waals surface area contributed by atoms with Crippen molar-refractivity contribution in [3.8, 4) is 0 Å². The van der Waals surface area contributed by atoms with E-state index in [9.17, 15) is 0 Å². The average Bonchev–Trinajstić information content (AvgIpc) is 3.03. The van der Waals surface area contributed by atoms with Crippen molar-refractivity contribution in [3.63, 3.8) is 0 Å². The molecule has 0 bridgehead atoms. The number of thioether (sulfide) groups is 1. The molecule has 0 aliphatic carbocycles. The van der Waals surface area contributed by atoms with Gasteiger partial charge in [0.25, 0.3) is 0 Å². The highest BCUT2D eigenvalue weighted by Gasteiger charge is 2.10. The third kappa shape index (κ3) is 6.42. The Balaban J connectivity index is 1.84. The first-order chi connectivity index (χ1) is 10.8. The SMILES string of the molecule is CCCCSCC(Cn1ccnc1)OCc1ccc(Cl)cc1. The molecule has 0 spiro atoms. The second-order valence-electron chi connectivity index (χ2n) is 5.25. The number of unbranched alkanes of at least 4 members (excludes halogenated alkanes) is 1. The minimum Gasteiger partial charge on any atom is -0.371 e. The van der Waals surface area contributed by atoms with Crippen LogP contribution in [-0.2, 0) is 17.9 Å². The molecule has 1 unspecified atom stereocenters. The molecule has 0 aliphatic heterocycles. The Labute approximate surface area is 142 Å². The molecule has 0 fully saturated rings. The van der Waals surface area contributed by atoms with Crippen LogP contribution in [0.15, 0.2) is 43.0 Å². The average molecular weight is 339 g/mol. The van der Waals surface area contributed by atoms with Gasteiger partial charge in [0, 0.05) is 23.2 Å². The fourth-order valence-electron chi connectivity index (χ4n) is 2.04. The third-order valence-electron chi connectivity index (χ3n) is 3.32. The summed E-state index contributed by atoms with van der Waals surface area (Å²) < 4.78 is 8.19. The van der Waals surface area contributed by atoms with Crippen molar-refractivity contribution >= 4 is 23.4 Å². The van der Waals surface area contributed by atoms with Crippen molar-refractivity contribution in [2.24, 2.45) is 0 Å². The summed E-state index contributed by atoms with van der Waals surface area (Å²) >= 11 is 7.88. The largest absolute Gasteiger partial charge is 0.371 e. The molecule has 1 aromatic heterocycles. The lowest BCUT2D eigenvalue weighted by Gasteiger charge is -2.18. The number of hydrogen-bond acceptors (Lipinski definition) is 3. The van der Waals surface area contributed by atoms with Crippen LogP contribution in [0.3, 0.4) is 0 Å². The van der Waals surface area contributed by atoms with Crippen molar-refractivity contribution in [3.05, 3.63) is 53.6 Å². The van der Waals surface area contributed by atoms with Crippen molar-refractivity contribution in [1.29, 1.82) is 0 Å². The zero-order chi connectivity index (χ0) is 15.6. The van der Waals surface area contributed by atoms with Gasteiger partial charge in [0.05, 0.1) is 25.6 Å². The lowest BCUT2D eigenvalue weighted by molar-refractivity contribution is 0.0450. The van der Waals surface area contributed by atoms with Crippen molar-refractivity contribution in [1.82, 2.24) is 9.55 Å². The van der Waals surface area contributed by atoms with Gasteiger partial charge in [0.2, 0.25) is 0 Å². The highest BCUT2D eigenvalue weighted by Crippen LogP contribution is 2.14. The maximum absolute atomic E-state index is 6.11. The molecule has 22 heavy (non-hydrogen) atoms. The van der Waals surface area contributed by atoms with Gasteiger partial charge in [-0.2, -0.15) is 11.8 Å². The highest BCUT2D eigenvalue weighted by atomic mass is 35.5. The summed E-state index contributed by atoms with van der Waals surface area (Å²) in [4.78, 5) is 4.10. The summed E-state index contributed by atoms with van der Waals surface area (Å²) in [6.45, 7) is 3.68. The number of aromatic nitrogens is 2. The van der Waals surface area contributed by atoms with Gasteiger partial charge < -0.3 is 9.30 Å². The summed E-state index contributed by atoms with van der Waals surface area (Å²) in [7, 11) is 0. The van der Waals surface area contributed by atoms with Gasteiger partial charge in [-0.3, -0.25) is 0 Å². The standard InChI is InChI=1S/C17H23ClN2OS/c1-2-3-10-22-13-17(11-20-9-8-19-14-20)21-12-15-4-6-16(18)7-5-15/h4-9,14,17H,2-3,10-13H2,1H3. The van der Waals surface area contributed by atoms with Crippen LogP contribution in [0.1, 0.15) is 25.3 Å². The van der Waals surface area contributed by atoms with Crippen LogP contribution in [0.2, 0.25) is 5.02 Å². The molecule has 0 N–H and O–H groups in total. The normalized spacial score (nSPS) is 12.5. The lowest BCUT2D eigenvalue weighted by Crippen LogP contribution is -2.22. The minimum atomic E-state index is 0.187. The van der Waals surface area contributed by atoms with Gasteiger partial charge in [-0.1, -0.05) is 37.1 Å². The highest BCUT2D eigenvalue weighted by molar-refractivity contribution is 7.99. The molecule has 120 valence electrons. The summed E-state index contributed by atoms with van der Waals surface area (Å²) in [5.74, 6) is 2.20.